The summed E-state index contributed by atoms with van der Waals surface area (Å²) in [5.74, 6) is 1.47. The van der Waals surface area contributed by atoms with Crippen LogP contribution in [-0.2, 0) is 11.2 Å². The molecule has 0 unspecified atom stereocenters. The minimum absolute atomic E-state index is 0.00462. The highest BCUT2D eigenvalue weighted by Gasteiger charge is 2.45. The maximum Gasteiger partial charge on any atom is 0.256 e. The van der Waals surface area contributed by atoms with Crippen molar-refractivity contribution in [3.8, 4) is 5.69 Å². The molecular formula is C37H51FN6O2. The van der Waals surface area contributed by atoms with E-state index in [0.717, 1.165) is 62.7 Å². The van der Waals surface area contributed by atoms with Crippen molar-refractivity contribution in [1.29, 1.82) is 0 Å². The van der Waals surface area contributed by atoms with E-state index in [1.807, 2.05) is 35.7 Å². The monoisotopic (exact) mass is 630 g/mol. The Morgan fingerprint density at radius 2 is 1.74 bits per heavy atom. The summed E-state index contributed by atoms with van der Waals surface area (Å²) in [5, 5.41) is 1.18. The molecule has 6 rings (SSSR count). The molecule has 3 aliphatic rings. The fourth-order valence-corrected chi connectivity index (χ4v) is 8.28. The number of hydrogen-bond donors (Lipinski definition) is 0. The Labute approximate surface area is 273 Å². The number of aryl methyl sites for hydroxylation is 1. The number of carbonyl (C=O) groups excluding carboxylic acids is 2. The van der Waals surface area contributed by atoms with Crippen molar-refractivity contribution in [2.24, 2.45) is 17.8 Å². The van der Waals surface area contributed by atoms with Gasteiger partial charge in [-0.2, -0.15) is 0 Å². The molecule has 2 aromatic heterocycles. The highest BCUT2D eigenvalue weighted by Crippen LogP contribution is 2.42. The lowest BCUT2D eigenvalue weighted by molar-refractivity contribution is -0.131. The van der Waals surface area contributed by atoms with E-state index in [2.05, 4.69) is 41.8 Å². The first-order valence-electron chi connectivity index (χ1n) is 17.2. The maximum absolute atomic E-state index is 14.5. The molecule has 1 aromatic carbocycles. The molecule has 3 aromatic rings. The van der Waals surface area contributed by atoms with Crippen LogP contribution in [-0.4, -0.2) is 105 Å². The number of aromatic nitrogens is 2. The van der Waals surface area contributed by atoms with Gasteiger partial charge < -0.3 is 14.4 Å². The summed E-state index contributed by atoms with van der Waals surface area (Å²) in [6.45, 7) is 18.3. The molecule has 2 amide bonds. The Hall–Kier alpha value is -3.30. The Balaban J connectivity index is 1.16. The number of rotatable bonds is 9. The van der Waals surface area contributed by atoms with Crippen LogP contribution in [0.3, 0.4) is 0 Å². The Kier molecular flexibility index (Phi) is 9.27. The Morgan fingerprint density at radius 1 is 1.04 bits per heavy atom. The quantitative estimate of drug-likeness (QED) is 0.317. The second-order valence-corrected chi connectivity index (χ2v) is 14.7. The van der Waals surface area contributed by atoms with E-state index in [1.54, 1.807) is 24.9 Å². The number of likely N-dealkylation sites (tertiary alicyclic amines) is 1. The van der Waals surface area contributed by atoms with Gasteiger partial charge in [0.05, 0.1) is 23.0 Å². The lowest BCUT2D eigenvalue weighted by atomic mass is 9.69. The van der Waals surface area contributed by atoms with Gasteiger partial charge in [-0.15, -0.1) is 0 Å². The first-order valence-corrected chi connectivity index (χ1v) is 17.2. The zero-order valence-corrected chi connectivity index (χ0v) is 28.7. The van der Waals surface area contributed by atoms with E-state index in [-0.39, 0.29) is 17.9 Å². The summed E-state index contributed by atoms with van der Waals surface area (Å²) < 4.78 is 16.5. The largest absolute Gasteiger partial charge is 0.340 e. The summed E-state index contributed by atoms with van der Waals surface area (Å²) in [5.41, 5.74) is 4.36. The minimum Gasteiger partial charge on any atom is -0.340 e. The van der Waals surface area contributed by atoms with Crippen molar-refractivity contribution in [2.45, 2.75) is 78.9 Å². The molecule has 0 N–H and O–H groups in total. The Morgan fingerprint density at radius 3 is 2.37 bits per heavy atom. The van der Waals surface area contributed by atoms with Crippen LogP contribution >= 0.6 is 0 Å². The van der Waals surface area contributed by atoms with Crippen LogP contribution in [0, 0.1) is 30.5 Å². The molecule has 1 atom stereocenters. The number of carbonyl (C=O) groups is 2. The number of nitrogens with zero attached hydrogens (tertiary/aromatic N) is 6. The summed E-state index contributed by atoms with van der Waals surface area (Å²) in [7, 11) is 1.76. The number of halogens is 1. The zero-order valence-electron chi connectivity index (χ0n) is 28.7. The minimum atomic E-state index is -0.419. The van der Waals surface area contributed by atoms with Crippen LogP contribution < -0.4 is 0 Å². The molecule has 8 nitrogen and oxygen atoms in total. The van der Waals surface area contributed by atoms with E-state index in [4.69, 9.17) is 0 Å². The van der Waals surface area contributed by atoms with Gasteiger partial charge in [-0.25, -0.2) is 4.39 Å². The van der Waals surface area contributed by atoms with Gasteiger partial charge in [-0.05, 0) is 87.1 Å². The fourth-order valence-electron chi connectivity index (χ4n) is 8.28. The predicted octanol–water partition coefficient (Wildman–Crippen LogP) is 5.40. The molecule has 2 aliphatic heterocycles. The van der Waals surface area contributed by atoms with E-state index < -0.39 is 5.82 Å². The summed E-state index contributed by atoms with van der Waals surface area (Å²) in [6.07, 6.45) is 9.41. The lowest BCUT2D eigenvalue weighted by Gasteiger charge is -2.55. The molecule has 1 aliphatic carbocycles. The maximum atomic E-state index is 14.5. The van der Waals surface area contributed by atoms with E-state index >= 15 is 0 Å². The van der Waals surface area contributed by atoms with Crippen molar-refractivity contribution in [2.75, 3.05) is 46.3 Å². The number of pyridine rings is 1. The normalized spacial score (nSPS) is 21.9. The molecule has 3 fully saturated rings. The molecule has 4 heterocycles. The van der Waals surface area contributed by atoms with Gasteiger partial charge in [-0.3, -0.25) is 24.4 Å². The van der Waals surface area contributed by atoms with Gasteiger partial charge in [-0.1, -0.05) is 13.8 Å². The molecular weight excluding hydrogens is 579 g/mol. The molecule has 46 heavy (non-hydrogen) atoms. The van der Waals surface area contributed by atoms with Gasteiger partial charge >= 0.3 is 0 Å². The highest BCUT2D eigenvalue weighted by atomic mass is 19.1. The number of benzene rings is 1. The van der Waals surface area contributed by atoms with Crippen molar-refractivity contribution in [3.05, 3.63) is 59.3 Å². The van der Waals surface area contributed by atoms with Crippen LogP contribution in [0.4, 0.5) is 4.39 Å². The predicted molar refractivity (Wildman–Crippen MR) is 181 cm³/mol. The van der Waals surface area contributed by atoms with Crippen LogP contribution in [0.1, 0.15) is 68.9 Å². The highest BCUT2D eigenvalue weighted by molar-refractivity contribution is 5.99. The topological polar surface area (TPSA) is 64.9 Å². The molecule has 0 spiro atoms. The number of piperazine rings is 1. The van der Waals surface area contributed by atoms with Crippen molar-refractivity contribution >= 4 is 22.7 Å². The van der Waals surface area contributed by atoms with Crippen molar-refractivity contribution in [1.82, 2.24) is 29.2 Å². The molecule has 0 bridgehead atoms. The standard InChI is InChI=1S/C37H51FN6O2/c1-23(2)36(28-15-31(16-28)42-12-10-41(11-13-42)26(6)45)43-20-27(21-43)14-29-22-44(34-19-39-18-25(5)35(29)34)33-9-8-30(38)17-32(33)37(46)40(7)24(3)4/h8-9,17-19,22-24,27-28,31,36H,10-16,20-21H2,1-7H3/t28-,31+,36-/m0/s1. The first-order chi connectivity index (χ1) is 21.9. The second-order valence-electron chi connectivity index (χ2n) is 14.7. The molecule has 0 radical (unpaired) electrons. The van der Waals surface area contributed by atoms with Crippen LogP contribution in [0.25, 0.3) is 16.6 Å². The third kappa shape index (κ3) is 6.20. The fraction of sp³-hybridized carbons (Fsp3) is 0.595. The van der Waals surface area contributed by atoms with Crippen LogP contribution in [0.2, 0.25) is 0 Å². The molecule has 9 heteroatoms. The average molecular weight is 631 g/mol. The van der Waals surface area contributed by atoms with Crippen LogP contribution in [0.5, 0.6) is 0 Å². The molecule has 1 saturated carbocycles. The third-order valence-corrected chi connectivity index (χ3v) is 11.0. The van der Waals surface area contributed by atoms with E-state index in [1.165, 1.54) is 35.9 Å². The van der Waals surface area contributed by atoms with Gasteiger partial charge in [0.2, 0.25) is 5.91 Å². The molecule has 248 valence electrons. The van der Waals surface area contributed by atoms with Gasteiger partial charge in [0, 0.05) is 89.1 Å². The second kappa shape index (κ2) is 13.1. The number of fused-ring (bicyclic) bond motifs is 1. The van der Waals surface area contributed by atoms with Crippen molar-refractivity contribution < 1.29 is 14.0 Å². The Bertz CT molecular complexity index is 1580. The molecule has 2 saturated heterocycles. The SMILES string of the molecule is CC(=O)N1CCN([C@H]2C[C@@H]([C@H](C(C)C)N3CC(Cc4cn(-c5ccc(F)cc5C(=O)N(C)C(C)C)c5cncc(C)c45)C3)C2)CC1. The smallest absolute Gasteiger partial charge is 0.256 e. The lowest BCUT2D eigenvalue weighted by Crippen LogP contribution is -2.62. The van der Waals surface area contributed by atoms with E-state index in [0.29, 0.717) is 35.2 Å². The third-order valence-electron chi connectivity index (χ3n) is 11.0. The summed E-state index contributed by atoms with van der Waals surface area (Å²) in [6, 6.07) is 5.76. The number of amides is 2. The van der Waals surface area contributed by atoms with Crippen molar-refractivity contribution in [3.63, 3.8) is 0 Å². The summed E-state index contributed by atoms with van der Waals surface area (Å²) in [4.78, 5) is 38.7. The first kappa shape index (κ1) is 32.6. The van der Waals surface area contributed by atoms with E-state index in [9.17, 15) is 14.0 Å². The van der Waals surface area contributed by atoms with Gasteiger partial charge in [0.1, 0.15) is 5.82 Å². The van der Waals surface area contributed by atoms with Crippen LogP contribution in [0.15, 0.2) is 36.8 Å². The van der Waals surface area contributed by atoms with Gasteiger partial charge in [0.25, 0.3) is 5.91 Å². The number of hydrogen-bond acceptors (Lipinski definition) is 5. The average Bonchev–Trinajstić information content (AvgIpc) is 3.35. The zero-order chi connectivity index (χ0) is 32.9. The summed E-state index contributed by atoms with van der Waals surface area (Å²) >= 11 is 0. The van der Waals surface area contributed by atoms with Gasteiger partial charge in [0.15, 0.2) is 0 Å².